The van der Waals surface area contributed by atoms with E-state index in [0.29, 0.717) is 19.5 Å². The van der Waals surface area contributed by atoms with Crippen molar-refractivity contribution in [2.75, 3.05) is 13.1 Å². The zero-order valence-electron chi connectivity index (χ0n) is 9.14. The fraction of sp³-hybridized carbons (Fsp3) is 0.800. The molecule has 86 valence electrons. The van der Waals surface area contributed by atoms with E-state index in [9.17, 15) is 9.59 Å². The first-order valence-electron chi connectivity index (χ1n) is 5.20. The Balaban J connectivity index is 2.54. The number of carbonyl (C=O) groups is 2. The lowest BCUT2D eigenvalue weighted by atomic mass is 10.0. The van der Waals surface area contributed by atoms with Crippen molar-refractivity contribution in [1.29, 1.82) is 0 Å². The first kappa shape index (κ1) is 12.0. The summed E-state index contributed by atoms with van der Waals surface area (Å²) in [6, 6.07) is -0.516. The van der Waals surface area contributed by atoms with Crippen LogP contribution in [0.1, 0.15) is 20.3 Å². The second kappa shape index (κ2) is 4.61. The fourth-order valence-corrected chi connectivity index (χ4v) is 1.66. The van der Waals surface area contributed by atoms with Gasteiger partial charge in [0.1, 0.15) is 0 Å². The molecular formula is C10H18N2O3. The first-order chi connectivity index (χ1) is 6.93. The lowest BCUT2D eigenvalue weighted by Gasteiger charge is -2.22. The van der Waals surface area contributed by atoms with Crippen LogP contribution < -0.4 is 5.73 Å². The van der Waals surface area contributed by atoms with E-state index in [1.165, 1.54) is 0 Å². The lowest BCUT2D eigenvalue weighted by Crippen LogP contribution is -2.45. The van der Waals surface area contributed by atoms with E-state index in [-0.39, 0.29) is 11.8 Å². The minimum atomic E-state index is -0.830. The Hall–Kier alpha value is -1.10. The maximum atomic E-state index is 11.8. The van der Waals surface area contributed by atoms with Gasteiger partial charge in [0.05, 0.1) is 12.0 Å². The van der Waals surface area contributed by atoms with Crippen molar-refractivity contribution >= 4 is 11.9 Å². The van der Waals surface area contributed by atoms with Gasteiger partial charge in [-0.1, -0.05) is 13.8 Å². The maximum absolute atomic E-state index is 11.8. The molecule has 1 heterocycles. The van der Waals surface area contributed by atoms with Crippen LogP contribution >= 0.6 is 0 Å². The van der Waals surface area contributed by atoms with E-state index in [4.69, 9.17) is 10.8 Å². The quantitative estimate of drug-likeness (QED) is 0.687. The Kier molecular flexibility index (Phi) is 3.68. The van der Waals surface area contributed by atoms with Crippen molar-refractivity contribution in [2.45, 2.75) is 26.3 Å². The third-order valence-electron chi connectivity index (χ3n) is 2.85. The summed E-state index contributed by atoms with van der Waals surface area (Å²) < 4.78 is 0. The van der Waals surface area contributed by atoms with Crippen molar-refractivity contribution in [2.24, 2.45) is 17.6 Å². The molecule has 1 saturated heterocycles. The average molecular weight is 214 g/mol. The predicted octanol–water partition coefficient (Wildman–Crippen LogP) is -0.0972. The fourth-order valence-electron chi connectivity index (χ4n) is 1.66. The molecule has 15 heavy (non-hydrogen) atoms. The number of aliphatic carboxylic acids is 1. The third kappa shape index (κ3) is 2.68. The number of nitrogens with zero attached hydrogens (tertiary/aromatic N) is 1. The third-order valence-corrected chi connectivity index (χ3v) is 2.85. The molecule has 1 fully saturated rings. The molecule has 1 amide bonds. The van der Waals surface area contributed by atoms with E-state index in [1.54, 1.807) is 4.90 Å². The summed E-state index contributed by atoms with van der Waals surface area (Å²) in [5, 5.41) is 8.79. The van der Waals surface area contributed by atoms with Crippen LogP contribution in [-0.4, -0.2) is 41.0 Å². The average Bonchev–Trinajstić information content (AvgIpc) is 2.64. The largest absolute Gasteiger partial charge is 0.481 e. The van der Waals surface area contributed by atoms with Gasteiger partial charge in [0, 0.05) is 13.1 Å². The molecule has 2 atom stereocenters. The Morgan fingerprint density at radius 2 is 2.07 bits per heavy atom. The number of hydrogen-bond acceptors (Lipinski definition) is 3. The molecule has 1 aliphatic rings. The number of carboxylic acids is 1. The standard InChI is InChI=1S/C10H18N2O3/c1-6(2)8(11)9(13)12-4-3-7(5-12)10(14)15/h6-8H,3-5,11H2,1-2H3,(H,14,15)/t7?,8-/m1/s1. The van der Waals surface area contributed by atoms with E-state index in [1.807, 2.05) is 13.8 Å². The summed E-state index contributed by atoms with van der Waals surface area (Å²) in [6.45, 7) is 4.57. The topological polar surface area (TPSA) is 83.6 Å². The predicted molar refractivity (Wildman–Crippen MR) is 55.1 cm³/mol. The van der Waals surface area contributed by atoms with Crippen LogP contribution in [0.15, 0.2) is 0 Å². The molecule has 0 saturated carbocycles. The van der Waals surface area contributed by atoms with Crippen LogP contribution in [0, 0.1) is 11.8 Å². The molecule has 0 aromatic carbocycles. The summed E-state index contributed by atoms with van der Waals surface area (Å²) in [5.74, 6) is -1.30. The van der Waals surface area contributed by atoms with Crippen LogP contribution in [-0.2, 0) is 9.59 Å². The van der Waals surface area contributed by atoms with Gasteiger partial charge < -0.3 is 15.7 Å². The highest BCUT2D eigenvalue weighted by Gasteiger charge is 2.33. The summed E-state index contributed by atoms with van der Waals surface area (Å²) in [6.07, 6.45) is 0.534. The zero-order valence-corrected chi connectivity index (χ0v) is 9.14. The number of amides is 1. The molecule has 0 aromatic heterocycles. The summed E-state index contributed by atoms with van der Waals surface area (Å²) >= 11 is 0. The normalized spacial score (nSPS) is 23.2. The Morgan fingerprint density at radius 3 is 2.47 bits per heavy atom. The summed E-state index contributed by atoms with van der Waals surface area (Å²) in [7, 11) is 0. The van der Waals surface area contributed by atoms with E-state index in [0.717, 1.165) is 0 Å². The monoisotopic (exact) mass is 214 g/mol. The van der Waals surface area contributed by atoms with Gasteiger partial charge in [-0.15, -0.1) is 0 Å². The van der Waals surface area contributed by atoms with Gasteiger partial charge in [0.25, 0.3) is 0 Å². The SMILES string of the molecule is CC(C)[C@@H](N)C(=O)N1CCC(C(=O)O)C1. The van der Waals surface area contributed by atoms with Crippen molar-refractivity contribution in [1.82, 2.24) is 4.90 Å². The molecule has 0 aliphatic carbocycles. The minimum Gasteiger partial charge on any atom is -0.481 e. The molecule has 1 rings (SSSR count). The molecular weight excluding hydrogens is 196 g/mol. The molecule has 0 radical (unpaired) electrons. The molecule has 1 unspecified atom stereocenters. The number of nitrogens with two attached hydrogens (primary N) is 1. The van der Waals surface area contributed by atoms with Crippen LogP contribution in [0.4, 0.5) is 0 Å². The van der Waals surface area contributed by atoms with Crippen molar-refractivity contribution in [3.63, 3.8) is 0 Å². The molecule has 3 N–H and O–H groups in total. The Morgan fingerprint density at radius 1 is 1.47 bits per heavy atom. The number of likely N-dealkylation sites (tertiary alicyclic amines) is 1. The highest BCUT2D eigenvalue weighted by Crippen LogP contribution is 2.18. The zero-order chi connectivity index (χ0) is 11.6. The van der Waals surface area contributed by atoms with E-state index in [2.05, 4.69) is 0 Å². The lowest BCUT2D eigenvalue weighted by molar-refractivity contribution is -0.141. The molecule has 0 bridgehead atoms. The van der Waals surface area contributed by atoms with Crippen LogP contribution in [0.25, 0.3) is 0 Å². The van der Waals surface area contributed by atoms with E-state index >= 15 is 0 Å². The van der Waals surface area contributed by atoms with Gasteiger partial charge in [-0.2, -0.15) is 0 Å². The number of carboxylic acid groups (broad SMARTS) is 1. The van der Waals surface area contributed by atoms with Crippen molar-refractivity contribution in [3.05, 3.63) is 0 Å². The number of carbonyl (C=O) groups excluding carboxylic acids is 1. The molecule has 1 aliphatic heterocycles. The molecule has 0 spiro atoms. The minimum absolute atomic E-state index is 0.0846. The number of rotatable bonds is 3. The molecule has 5 nitrogen and oxygen atoms in total. The first-order valence-corrected chi connectivity index (χ1v) is 5.20. The van der Waals surface area contributed by atoms with Gasteiger partial charge in [0.15, 0.2) is 0 Å². The smallest absolute Gasteiger partial charge is 0.308 e. The van der Waals surface area contributed by atoms with Gasteiger partial charge >= 0.3 is 5.97 Å². The van der Waals surface area contributed by atoms with Crippen LogP contribution in [0.5, 0.6) is 0 Å². The van der Waals surface area contributed by atoms with Gasteiger partial charge in [-0.05, 0) is 12.3 Å². The number of hydrogen-bond donors (Lipinski definition) is 2. The maximum Gasteiger partial charge on any atom is 0.308 e. The van der Waals surface area contributed by atoms with Gasteiger partial charge in [-0.3, -0.25) is 9.59 Å². The second-order valence-electron chi connectivity index (χ2n) is 4.38. The van der Waals surface area contributed by atoms with Crippen LogP contribution in [0.2, 0.25) is 0 Å². The second-order valence-corrected chi connectivity index (χ2v) is 4.38. The van der Waals surface area contributed by atoms with E-state index < -0.39 is 17.9 Å². The van der Waals surface area contributed by atoms with Gasteiger partial charge in [-0.25, -0.2) is 0 Å². The Bertz CT molecular complexity index is 265. The highest BCUT2D eigenvalue weighted by atomic mass is 16.4. The van der Waals surface area contributed by atoms with Crippen molar-refractivity contribution in [3.8, 4) is 0 Å². The van der Waals surface area contributed by atoms with Gasteiger partial charge in [0.2, 0.25) is 5.91 Å². The summed E-state index contributed by atoms with van der Waals surface area (Å²) in [5.41, 5.74) is 5.72. The van der Waals surface area contributed by atoms with Crippen molar-refractivity contribution < 1.29 is 14.7 Å². The van der Waals surface area contributed by atoms with Crippen LogP contribution in [0.3, 0.4) is 0 Å². The summed E-state index contributed by atoms with van der Waals surface area (Å²) in [4.78, 5) is 24.0. The highest BCUT2D eigenvalue weighted by molar-refractivity contribution is 5.83. The Labute approximate surface area is 89.2 Å². The molecule has 5 heteroatoms. The molecule has 0 aromatic rings.